The number of hydrazine groups is 1. The summed E-state index contributed by atoms with van der Waals surface area (Å²) in [5.41, 5.74) is 3.85. The highest BCUT2D eigenvalue weighted by atomic mass is 79.9. The van der Waals surface area contributed by atoms with Crippen molar-refractivity contribution < 1.29 is 4.74 Å². The highest BCUT2D eigenvalue weighted by Crippen LogP contribution is 2.42. The van der Waals surface area contributed by atoms with Gasteiger partial charge in [0.05, 0.1) is 28.0 Å². The zero-order valence-electron chi connectivity index (χ0n) is 12.4. The van der Waals surface area contributed by atoms with Gasteiger partial charge in [-0.05, 0) is 35.2 Å². The van der Waals surface area contributed by atoms with Crippen molar-refractivity contribution in [3.8, 4) is 0 Å². The lowest BCUT2D eigenvalue weighted by molar-refractivity contribution is -0.0709. The zero-order chi connectivity index (χ0) is 14.6. The van der Waals surface area contributed by atoms with Gasteiger partial charge in [-0.2, -0.15) is 5.10 Å². The Labute approximate surface area is 129 Å². The van der Waals surface area contributed by atoms with E-state index < -0.39 is 0 Å². The van der Waals surface area contributed by atoms with Crippen molar-refractivity contribution in [1.29, 1.82) is 0 Å². The molecule has 0 saturated heterocycles. The van der Waals surface area contributed by atoms with Crippen LogP contribution >= 0.6 is 15.9 Å². The number of aromatic nitrogens is 2. The number of halogens is 1. The maximum Gasteiger partial charge on any atom is 0.0929 e. The van der Waals surface area contributed by atoms with E-state index in [-0.39, 0.29) is 11.6 Å². The summed E-state index contributed by atoms with van der Waals surface area (Å²) in [5.74, 6) is 5.90. The Balaban J connectivity index is 2.37. The molecule has 114 valence electrons. The van der Waals surface area contributed by atoms with E-state index >= 15 is 0 Å². The van der Waals surface area contributed by atoms with Crippen LogP contribution in [0.4, 0.5) is 0 Å². The lowest BCUT2D eigenvalue weighted by atomic mass is 9.78. The molecule has 20 heavy (non-hydrogen) atoms. The van der Waals surface area contributed by atoms with Gasteiger partial charge in [0.15, 0.2) is 0 Å². The summed E-state index contributed by atoms with van der Waals surface area (Å²) in [6.07, 6.45) is 8.60. The Morgan fingerprint density at radius 3 is 2.75 bits per heavy atom. The lowest BCUT2D eigenvalue weighted by Crippen LogP contribution is -2.50. The number of methoxy groups -OCH3 is 1. The molecule has 1 saturated carbocycles. The number of hydrogen-bond donors (Lipinski definition) is 2. The summed E-state index contributed by atoms with van der Waals surface area (Å²) >= 11 is 3.61. The van der Waals surface area contributed by atoms with Crippen LogP contribution in [0.25, 0.3) is 0 Å². The molecule has 0 amide bonds. The molecule has 1 unspecified atom stereocenters. The number of hydrogen-bond acceptors (Lipinski definition) is 4. The van der Waals surface area contributed by atoms with E-state index in [9.17, 15) is 0 Å². The number of aryl methyl sites for hydroxylation is 1. The Hall–Kier alpha value is -0.430. The standard InChI is InChI=1S/C14H25BrN4O/c1-3-9-19-12(11(15)10-17-19)13(18-16)14(20-2)7-5-4-6-8-14/h10,13,18H,3-9,16H2,1-2H3. The van der Waals surface area contributed by atoms with E-state index in [0.717, 1.165) is 36.0 Å². The van der Waals surface area contributed by atoms with Gasteiger partial charge in [0.2, 0.25) is 0 Å². The van der Waals surface area contributed by atoms with E-state index in [0.29, 0.717) is 0 Å². The Kier molecular flexibility index (Phi) is 5.60. The number of rotatable bonds is 6. The van der Waals surface area contributed by atoms with E-state index in [1.165, 1.54) is 19.3 Å². The van der Waals surface area contributed by atoms with Crippen molar-refractivity contribution in [3.05, 3.63) is 16.4 Å². The van der Waals surface area contributed by atoms with Gasteiger partial charge in [0, 0.05) is 13.7 Å². The fourth-order valence-electron chi connectivity index (χ4n) is 3.29. The minimum Gasteiger partial charge on any atom is -0.376 e. The van der Waals surface area contributed by atoms with Crippen LogP contribution in [0.3, 0.4) is 0 Å². The minimum absolute atomic E-state index is 0.0452. The molecular weight excluding hydrogens is 320 g/mol. The van der Waals surface area contributed by atoms with Crippen LogP contribution < -0.4 is 11.3 Å². The van der Waals surface area contributed by atoms with Crippen LogP contribution in [0, 0.1) is 0 Å². The highest BCUT2D eigenvalue weighted by Gasteiger charge is 2.42. The van der Waals surface area contributed by atoms with Gasteiger partial charge in [-0.25, -0.2) is 5.43 Å². The van der Waals surface area contributed by atoms with Gasteiger partial charge >= 0.3 is 0 Å². The number of nitrogens with two attached hydrogens (primary N) is 1. The average Bonchev–Trinajstić information content (AvgIpc) is 2.83. The summed E-state index contributed by atoms with van der Waals surface area (Å²) < 4.78 is 8.97. The molecular formula is C14H25BrN4O. The molecule has 0 bridgehead atoms. The van der Waals surface area contributed by atoms with Crippen LogP contribution in [0.5, 0.6) is 0 Å². The van der Waals surface area contributed by atoms with Crippen molar-refractivity contribution in [1.82, 2.24) is 15.2 Å². The van der Waals surface area contributed by atoms with Crippen LogP contribution in [0.1, 0.15) is 57.2 Å². The van der Waals surface area contributed by atoms with Crippen molar-refractivity contribution >= 4 is 15.9 Å². The second kappa shape index (κ2) is 7.02. The number of nitrogens with zero attached hydrogens (tertiary/aromatic N) is 2. The first-order chi connectivity index (χ1) is 9.68. The Morgan fingerprint density at radius 2 is 2.20 bits per heavy atom. The molecule has 0 radical (unpaired) electrons. The predicted molar refractivity (Wildman–Crippen MR) is 83.1 cm³/mol. The van der Waals surface area contributed by atoms with Crippen molar-refractivity contribution in [2.45, 2.75) is 63.6 Å². The van der Waals surface area contributed by atoms with Gasteiger partial charge in [-0.3, -0.25) is 10.5 Å². The first-order valence-electron chi connectivity index (χ1n) is 7.41. The molecule has 5 nitrogen and oxygen atoms in total. The van der Waals surface area contributed by atoms with Gasteiger partial charge in [-0.15, -0.1) is 0 Å². The summed E-state index contributed by atoms with van der Waals surface area (Å²) in [4.78, 5) is 0. The first kappa shape index (κ1) is 15.9. The molecule has 1 aromatic rings. The fraction of sp³-hybridized carbons (Fsp3) is 0.786. The van der Waals surface area contributed by atoms with Crippen molar-refractivity contribution in [3.63, 3.8) is 0 Å². The summed E-state index contributed by atoms with van der Waals surface area (Å²) in [7, 11) is 1.80. The van der Waals surface area contributed by atoms with E-state index in [1.807, 2.05) is 10.9 Å². The first-order valence-corrected chi connectivity index (χ1v) is 8.20. The van der Waals surface area contributed by atoms with Crippen LogP contribution in [0.15, 0.2) is 10.7 Å². The predicted octanol–water partition coefficient (Wildman–Crippen LogP) is 2.91. The third-order valence-electron chi connectivity index (χ3n) is 4.34. The Bertz CT molecular complexity index is 429. The Morgan fingerprint density at radius 1 is 1.50 bits per heavy atom. The normalized spacial score (nSPS) is 20.0. The molecule has 0 aromatic carbocycles. The van der Waals surface area contributed by atoms with Crippen molar-refractivity contribution in [2.75, 3.05) is 7.11 Å². The molecule has 1 heterocycles. The maximum absolute atomic E-state index is 5.94. The maximum atomic E-state index is 5.94. The highest BCUT2D eigenvalue weighted by molar-refractivity contribution is 9.10. The number of nitrogens with one attached hydrogen (secondary N) is 1. The molecule has 1 aliphatic carbocycles. The van der Waals surface area contributed by atoms with E-state index in [4.69, 9.17) is 10.6 Å². The van der Waals surface area contributed by atoms with E-state index in [2.05, 4.69) is 33.4 Å². The molecule has 1 atom stereocenters. The molecule has 2 rings (SSSR count). The van der Waals surface area contributed by atoms with Gasteiger partial charge in [0.1, 0.15) is 0 Å². The van der Waals surface area contributed by atoms with Gasteiger partial charge in [-0.1, -0.05) is 26.2 Å². The zero-order valence-corrected chi connectivity index (χ0v) is 13.9. The van der Waals surface area contributed by atoms with Crippen molar-refractivity contribution in [2.24, 2.45) is 5.84 Å². The topological polar surface area (TPSA) is 65.1 Å². The third kappa shape index (κ3) is 2.93. The summed E-state index contributed by atoms with van der Waals surface area (Å²) in [6, 6.07) is -0.0452. The number of ether oxygens (including phenoxy) is 1. The monoisotopic (exact) mass is 344 g/mol. The summed E-state index contributed by atoms with van der Waals surface area (Å²) in [6.45, 7) is 3.04. The smallest absolute Gasteiger partial charge is 0.0929 e. The molecule has 3 N–H and O–H groups in total. The minimum atomic E-state index is -0.235. The van der Waals surface area contributed by atoms with Gasteiger partial charge < -0.3 is 4.74 Å². The third-order valence-corrected chi connectivity index (χ3v) is 4.95. The fourth-order valence-corrected chi connectivity index (χ4v) is 3.81. The second-order valence-electron chi connectivity index (χ2n) is 5.53. The second-order valence-corrected chi connectivity index (χ2v) is 6.38. The van der Waals surface area contributed by atoms with Gasteiger partial charge in [0.25, 0.3) is 0 Å². The van der Waals surface area contributed by atoms with Crippen LogP contribution in [-0.4, -0.2) is 22.5 Å². The molecule has 6 heteroatoms. The van der Waals surface area contributed by atoms with E-state index in [1.54, 1.807) is 7.11 Å². The molecule has 1 aromatic heterocycles. The largest absolute Gasteiger partial charge is 0.376 e. The molecule has 1 aliphatic rings. The SMILES string of the molecule is CCCn1ncc(Br)c1C(NN)C1(OC)CCCCC1. The quantitative estimate of drug-likeness (QED) is 0.615. The van der Waals surface area contributed by atoms with Crippen LogP contribution in [-0.2, 0) is 11.3 Å². The molecule has 1 fully saturated rings. The average molecular weight is 345 g/mol. The lowest BCUT2D eigenvalue weighted by Gasteiger charge is -2.42. The van der Waals surface area contributed by atoms with Crippen LogP contribution in [0.2, 0.25) is 0 Å². The molecule has 0 aliphatic heterocycles. The molecule has 0 spiro atoms. The summed E-state index contributed by atoms with van der Waals surface area (Å²) in [5, 5.41) is 4.45.